The van der Waals surface area contributed by atoms with Gasteiger partial charge in [0.15, 0.2) is 0 Å². The zero-order chi connectivity index (χ0) is 17.6. The molecule has 0 saturated carbocycles. The summed E-state index contributed by atoms with van der Waals surface area (Å²) in [5.74, 6) is 0.199. The molecule has 3 aromatic rings. The molecule has 0 unspecified atom stereocenters. The Hall–Kier alpha value is -3.81. The van der Waals surface area contributed by atoms with Crippen molar-refractivity contribution in [2.45, 2.75) is 0 Å². The lowest BCUT2D eigenvalue weighted by atomic mass is 10.1. The number of H-pyrrole nitrogens is 1. The van der Waals surface area contributed by atoms with E-state index >= 15 is 0 Å². The van der Waals surface area contributed by atoms with Crippen LogP contribution >= 0.6 is 0 Å². The summed E-state index contributed by atoms with van der Waals surface area (Å²) in [5.41, 5.74) is 4.36. The summed E-state index contributed by atoms with van der Waals surface area (Å²) < 4.78 is 0. The van der Waals surface area contributed by atoms with Gasteiger partial charge in [0.25, 0.3) is 11.2 Å². The summed E-state index contributed by atoms with van der Waals surface area (Å²) in [6.07, 6.45) is 1.47. The second kappa shape index (κ2) is 7.18. The molecule has 8 nitrogen and oxygen atoms in total. The number of nitro groups is 1. The van der Waals surface area contributed by atoms with Crippen LogP contribution in [-0.2, 0) is 0 Å². The van der Waals surface area contributed by atoms with E-state index in [0.717, 1.165) is 5.56 Å². The lowest BCUT2D eigenvalue weighted by molar-refractivity contribution is -0.384. The Kier molecular flexibility index (Phi) is 4.61. The molecule has 0 aliphatic rings. The summed E-state index contributed by atoms with van der Waals surface area (Å²) in [4.78, 5) is 28.8. The Morgan fingerprint density at radius 3 is 2.52 bits per heavy atom. The number of nitro benzene ring substituents is 1. The maximum atomic E-state index is 11.8. The number of hydrogen-bond donors (Lipinski definition) is 2. The normalized spacial score (nSPS) is 10.7. The van der Waals surface area contributed by atoms with Crippen LogP contribution in [0.5, 0.6) is 0 Å². The van der Waals surface area contributed by atoms with Crippen molar-refractivity contribution in [3.63, 3.8) is 0 Å². The van der Waals surface area contributed by atoms with Crippen LogP contribution in [-0.4, -0.2) is 21.1 Å². The van der Waals surface area contributed by atoms with E-state index in [9.17, 15) is 14.9 Å². The number of aromatic nitrogens is 2. The van der Waals surface area contributed by atoms with Crippen LogP contribution in [0.2, 0.25) is 0 Å². The highest BCUT2D eigenvalue weighted by atomic mass is 16.6. The maximum absolute atomic E-state index is 11.8. The van der Waals surface area contributed by atoms with Gasteiger partial charge in [-0.05, 0) is 17.7 Å². The number of hydrazone groups is 1. The van der Waals surface area contributed by atoms with E-state index in [1.807, 2.05) is 30.3 Å². The van der Waals surface area contributed by atoms with Gasteiger partial charge < -0.3 is 0 Å². The molecule has 124 valence electrons. The molecule has 0 atom stereocenters. The van der Waals surface area contributed by atoms with E-state index in [1.165, 1.54) is 24.4 Å². The second-order valence-electron chi connectivity index (χ2n) is 5.06. The second-order valence-corrected chi connectivity index (χ2v) is 5.06. The number of nitrogens with one attached hydrogen (secondary N) is 2. The first-order chi connectivity index (χ1) is 12.1. The Morgan fingerprint density at radius 2 is 1.84 bits per heavy atom. The Bertz CT molecular complexity index is 966. The summed E-state index contributed by atoms with van der Waals surface area (Å²) in [6.45, 7) is 0. The fraction of sp³-hybridized carbons (Fsp3) is 0. The van der Waals surface area contributed by atoms with Gasteiger partial charge in [-0.25, -0.2) is 10.4 Å². The summed E-state index contributed by atoms with van der Waals surface area (Å²) in [7, 11) is 0. The maximum Gasteiger partial charge on any atom is 0.269 e. The van der Waals surface area contributed by atoms with Gasteiger partial charge in [-0.3, -0.25) is 19.9 Å². The zero-order valence-corrected chi connectivity index (χ0v) is 12.9. The van der Waals surface area contributed by atoms with E-state index in [1.54, 1.807) is 12.1 Å². The molecule has 0 aliphatic carbocycles. The molecule has 8 heteroatoms. The van der Waals surface area contributed by atoms with Crippen molar-refractivity contribution >= 4 is 17.9 Å². The van der Waals surface area contributed by atoms with Crippen LogP contribution in [0.4, 0.5) is 11.6 Å². The molecule has 0 bridgehead atoms. The van der Waals surface area contributed by atoms with Crippen molar-refractivity contribution in [1.29, 1.82) is 0 Å². The molecule has 3 rings (SSSR count). The minimum atomic E-state index is -0.469. The molecule has 0 spiro atoms. The van der Waals surface area contributed by atoms with Crippen molar-refractivity contribution in [2.75, 3.05) is 5.43 Å². The first kappa shape index (κ1) is 16.1. The molecule has 1 aromatic heterocycles. The lowest BCUT2D eigenvalue weighted by Gasteiger charge is -2.03. The number of aromatic amines is 1. The van der Waals surface area contributed by atoms with E-state index in [2.05, 4.69) is 20.5 Å². The van der Waals surface area contributed by atoms with Gasteiger partial charge in [0.1, 0.15) is 0 Å². The predicted molar refractivity (Wildman–Crippen MR) is 94.6 cm³/mol. The van der Waals surface area contributed by atoms with Gasteiger partial charge in [0.05, 0.1) is 16.8 Å². The van der Waals surface area contributed by atoms with Crippen molar-refractivity contribution in [1.82, 2.24) is 9.97 Å². The van der Waals surface area contributed by atoms with Crippen LogP contribution in [0.15, 0.2) is 70.6 Å². The average molecular weight is 335 g/mol. The molecule has 0 aliphatic heterocycles. The molecule has 0 fully saturated rings. The summed E-state index contributed by atoms with van der Waals surface area (Å²) >= 11 is 0. The zero-order valence-electron chi connectivity index (χ0n) is 12.9. The average Bonchev–Trinajstić information content (AvgIpc) is 2.62. The molecule has 0 amide bonds. The highest BCUT2D eigenvalue weighted by Gasteiger charge is 2.04. The largest absolute Gasteiger partial charge is 0.291 e. The smallest absolute Gasteiger partial charge is 0.269 e. The van der Waals surface area contributed by atoms with E-state index < -0.39 is 4.92 Å². The monoisotopic (exact) mass is 335 g/mol. The van der Waals surface area contributed by atoms with Crippen LogP contribution < -0.4 is 11.0 Å². The van der Waals surface area contributed by atoms with Gasteiger partial charge in [-0.1, -0.05) is 30.3 Å². The van der Waals surface area contributed by atoms with E-state index in [4.69, 9.17) is 0 Å². The first-order valence-electron chi connectivity index (χ1n) is 7.32. The van der Waals surface area contributed by atoms with Gasteiger partial charge in [-0.2, -0.15) is 5.10 Å². The number of non-ortho nitro benzene ring substituents is 1. The summed E-state index contributed by atoms with van der Waals surface area (Å²) in [6, 6.07) is 16.6. The quantitative estimate of drug-likeness (QED) is 0.423. The molecule has 0 saturated heterocycles. The number of benzene rings is 2. The third kappa shape index (κ3) is 4.14. The van der Waals surface area contributed by atoms with Gasteiger partial charge >= 0.3 is 0 Å². The van der Waals surface area contributed by atoms with Crippen molar-refractivity contribution < 1.29 is 4.92 Å². The van der Waals surface area contributed by atoms with Crippen molar-refractivity contribution in [3.05, 3.63) is 86.7 Å². The van der Waals surface area contributed by atoms with E-state index in [-0.39, 0.29) is 17.2 Å². The van der Waals surface area contributed by atoms with Crippen LogP contribution in [0, 0.1) is 10.1 Å². The third-order valence-corrected chi connectivity index (χ3v) is 3.30. The van der Waals surface area contributed by atoms with Crippen LogP contribution in [0.1, 0.15) is 5.56 Å². The molecular weight excluding hydrogens is 322 g/mol. The standard InChI is InChI=1S/C17H13N5O3/c23-16-10-15(13-4-2-1-3-5-13)19-17(20-16)21-18-11-12-6-8-14(9-7-12)22(24)25/h1-11H,(H2,19,20,21,23). The molecule has 0 radical (unpaired) electrons. The van der Waals surface area contributed by atoms with Crippen LogP contribution in [0.25, 0.3) is 11.3 Å². The predicted octanol–water partition coefficient (Wildman–Crippen LogP) is 2.79. The number of hydrogen-bond acceptors (Lipinski definition) is 6. The van der Waals surface area contributed by atoms with Gasteiger partial charge in [-0.15, -0.1) is 0 Å². The number of anilines is 1. The summed E-state index contributed by atoms with van der Waals surface area (Å²) in [5, 5.41) is 14.6. The minimum Gasteiger partial charge on any atom is -0.291 e. The number of rotatable bonds is 5. The highest BCUT2D eigenvalue weighted by Crippen LogP contribution is 2.15. The lowest BCUT2D eigenvalue weighted by Crippen LogP contribution is -2.10. The van der Waals surface area contributed by atoms with Crippen LogP contribution in [0.3, 0.4) is 0 Å². The fourth-order valence-corrected chi connectivity index (χ4v) is 2.12. The number of nitrogens with zero attached hydrogens (tertiary/aromatic N) is 3. The Balaban J connectivity index is 1.76. The van der Waals surface area contributed by atoms with Gasteiger partial charge in [0.2, 0.25) is 5.95 Å². The molecule has 2 aromatic carbocycles. The minimum absolute atomic E-state index is 0.00617. The Morgan fingerprint density at radius 1 is 1.12 bits per heavy atom. The fourth-order valence-electron chi connectivity index (χ4n) is 2.12. The third-order valence-electron chi connectivity index (χ3n) is 3.30. The molecule has 25 heavy (non-hydrogen) atoms. The van der Waals surface area contributed by atoms with E-state index in [0.29, 0.717) is 11.3 Å². The Labute approximate surface area is 142 Å². The molecule has 2 N–H and O–H groups in total. The highest BCUT2D eigenvalue weighted by molar-refractivity contribution is 5.80. The van der Waals surface area contributed by atoms with Crippen molar-refractivity contribution in [3.8, 4) is 11.3 Å². The van der Waals surface area contributed by atoms with Crippen molar-refractivity contribution in [2.24, 2.45) is 5.10 Å². The molecule has 1 heterocycles. The van der Waals surface area contributed by atoms with Gasteiger partial charge in [0, 0.05) is 23.8 Å². The topological polar surface area (TPSA) is 113 Å². The SMILES string of the molecule is O=c1cc(-c2ccccc2)nc(NN=Cc2ccc([N+](=O)[O-])cc2)[nH]1. The first-order valence-corrected chi connectivity index (χ1v) is 7.32. The molecular formula is C17H13N5O3.